The van der Waals surface area contributed by atoms with Gasteiger partial charge in [0.05, 0.1) is 13.2 Å². The largest absolute Gasteiger partial charge is 0.452 e. The number of nitriles is 1. The van der Waals surface area contributed by atoms with Crippen molar-refractivity contribution in [3.8, 4) is 12.0 Å². The third-order valence-corrected chi connectivity index (χ3v) is 3.91. The second-order valence-corrected chi connectivity index (χ2v) is 5.48. The minimum atomic E-state index is -0.752. The maximum Gasteiger partial charge on any atom is 0.343 e. The minimum absolute atomic E-state index is 0.0426. The number of furan rings is 1. The number of carbonyl (C=O) groups is 2. The number of amides is 1. The first kappa shape index (κ1) is 16.8. The molecule has 8 heteroatoms. The number of hydrogen-bond donors (Lipinski definition) is 0. The first-order valence-corrected chi connectivity index (χ1v) is 7.81. The van der Waals surface area contributed by atoms with E-state index in [9.17, 15) is 14.9 Å². The van der Waals surface area contributed by atoms with Gasteiger partial charge in [-0.05, 0) is 19.1 Å². The van der Waals surface area contributed by atoms with Crippen molar-refractivity contribution in [2.45, 2.75) is 6.92 Å². The lowest BCUT2D eigenvalue weighted by Gasteiger charge is -2.26. The molecule has 1 fully saturated rings. The molecule has 8 nitrogen and oxygen atoms in total. The van der Waals surface area contributed by atoms with Crippen LogP contribution in [0.3, 0.4) is 0 Å². The predicted molar refractivity (Wildman–Crippen MR) is 85.2 cm³/mol. The lowest BCUT2D eigenvalue weighted by molar-refractivity contribution is -0.138. The van der Waals surface area contributed by atoms with Crippen LogP contribution in [0, 0.1) is 18.3 Å². The fraction of sp³-hybridized carbons (Fsp3) is 0.353. The molecule has 1 aliphatic heterocycles. The second kappa shape index (κ2) is 7.23. The summed E-state index contributed by atoms with van der Waals surface area (Å²) in [7, 11) is 0. The molecule has 3 rings (SSSR count). The van der Waals surface area contributed by atoms with E-state index in [-0.39, 0.29) is 35.3 Å². The van der Waals surface area contributed by atoms with Crippen molar-refractivity contribution in [1.29, 1.82) is 5.26 Å². The van der Waals surface area contributed by atoms with E-state index < -0.39 is 5.97 Å². The van der Waals surface area contributed by atoms with Crippen LogP contribution >= 0.6 is 0 Å². The molecule has 0 unspecified atom stereocenters. The zero-order chi connectivity index (χ0) is 17.8. The van der Waals surface area contributed by atoms with E-state index in [4.69, 9.17) is 13.9 Å². The average molecular weight is 343 g/mol. The molecule has 25 heavy (non-hydrogen) atoms. The molecule has 0 spiro atoms. The number of nitrogens with zero attached hydrogens (tertiary/aromatic N) is 3. The number of carbonyl (C=O) groups excluding carboxylic acids is 2. The number of rotatable bonds is 4. The summed E-state index contributed by atoms with van der Waals surface area (Å²) in [5.41, 5.74) is 0.124. The minimum Gasteiger partial charge on any atom is -0.452 e. The van der Waals surface area contributed by atoms with Crippen LogP contribution in [-0.2, 0) is 14.3 Å². The molecule has 0 atom stereocenters. The molecule has 1 saturated heterocycles. The van der Waals surface area contributed by atoms with Gasteiger partial charge in [-0.1, -0.05) is 0 Å². The monoisotopic (exact) mass is 343 g/mol. The third-order valence-electron chi connectivity index (χ3n) is 3.91. The average Bonchev–Trinajstić information content (AvgIpc) is 3.27. The van der Waals surface area contributed by atoms with Gasteiger partial charge >= 0.3 is 5.97 Å². The zero-order valence-corrected chi connectivity index (χ0v) is 13.7. The van der Waals surface area contributed by atoms with Crippen molar-refractivity contribution in [2.75, 3.05) is 32.9 Å². The van der Waals surface area contributed by atoms with Gasteiger partial charge in [0.1, 0.15) is 23.0 Å². The summed E-state index contributed by atoms with van der Waals surface area (Å²) in [4.78, 5) is 26.0. The highest BCUT2D eigenvalue weighted by Crippen LogP contribution is 2.26. The second-order valence-electron chi connectivity index (χ2n) is 5.48. The van der Waals surface area contributed by atoms with Crippen LogP contribution < -0.4 is 0 Å². The Bertz CT molecular complexity index is 810. The summed E-state index contributed by atoms with van der Waals surface area (Å²) in [5, 5.41) is 9.42. The molecular weight excluding hydrogens is 326 g/mol. The molecule has 0 aromatic carbocycles. The van der Waals surface area contributed by atoms with E-state index in [1.165, 1.54) is 0 Å². The van der Waals surface area contributed by atoms with E-state index in [1.54, 1.807) is 40.9 Å². The first-order chi connectivity index (χ1) is 12.1. The van der Waals surface area contributed by atoms with Crippen LogP contribution in [0.5, 0.6) is 0 Å². The van der Waals surface area contributed by atoms with Crippen molar-refractivity contribution in [3.05, 3.63) is 41.4 Å². The molecule has 3 heterocycles. The summed E-state index contributed by atoms with van der Waals surface area (Å²) in [6.07, 6.45) is 3.41. The number of esters is 1. The Morgan fingerprint density at radius 1 is 1.28 bits per heavy atom. The molecule has 0 aliphatic carbocycles. The Balaban J connectivity index is 1.74. The molecular formula is C17H17N3O5. The molecule has 1 aliphatic rings. The number of aromatic nitrogens is 1. The smallest absolute Gasteiger partial charge is 0.343 e. The third kappa shape index (κ3) is 3.41. The molecule has 2 aromatic heterocycles. The fourth-order valence-electron chi connectivity index (χ4n) is 2.63. The van der Waals surface area contributed by atoms with Crippen molar-refractivity contribution in [3.63, 3.8) is 0 Å². The molecule has 0 saturated carbocycles. The lowest BCUT2D eigenvalue weighted by Crippen LogP contribution is -2.42. The van der Waals surface area contributed by atoms with Crippen LogP contribution in [-0.4, -0.2) is 54.3 Å². The predicted octanol–water partition coefficient (Wildman–Crippen LogP) is 1.27. The van der Waals surface area contributed by atoms with Gasteiger partial charge in [0, 0.05) is 25.5 Å². The van der Waals surface area contributed by atoms with E-state index in [2.05, 4.69) is 0 Å². The van der Waals surface area contributed by atoms with Crippen LogP contribution in [0.25, 0.3) is 5.88 Å². The summed E-state index contributed by atoms with van der Waals surface area (Å²) < 4.78 is 17.4. The number of morpholine rings is 1. The Morgan fingerprint density at radius 2 is 1.96 bits per heavy atom. The Hall–Kier alpha value is -3.05. The number of ether oxygens (including phenoxy) is 2. The van der Waals surface area contributed by atoms with Crippen LogP contribution in [0.15, 0.2) is 28.9 Å². The SMILES string of the molecule is Cc1oc(-n2cccc2)c(C#N)c1C(=O)OCC(=O)N1CCOCC1. The van der Waals surface area contributed by atoms with E-state index in [0.29, 0.717) is 26.3 Å². The number of hydrogen-bond acceptors (Lipinski definition) is 6. The topological polar surface area (TPSA) is 97.7 Å². The van der Waals surface area contributed by atoms with Crippen LogP contribution in [0.2, 0.25) is 0 Å². The highest BCUT2D eigenvalue weighted by molar-refractivity contribution is 5.95. The van der Waals surface area contributed by atoms with Gasteiger partial charge in [0.2, 0.25) is 5.88 Å². The molecule has 0 radical (unpaired) electrons. The standard InChI is InChI=1S/C17H17N3O5/c1-12-15(13(10-18)16(25-12)20-4-2-3-5-20)17(22)24-11-14(21)19-6-8-23-9-7-19/h2-5H,6-9,11H2,1H3. The highest BCUT2D eigenvalue weighted by Gasteiger charge is 2.27. The van der Waals surface area contributed by atoms with Gasteiger partial charge in [-0.3, -0.25) is 9.36 Å². The van der Waals surface area contributed by atoms with E-state index in [0.717, 1.165) is 0 Å². The fourth-order valence-corrected chi connectivity index (χ4v) is 2.63. The van der Waals surface area contributed by atoms with Gasteiger partial charge in [0.15, 0.2) is 6.61 Å². The van der Waals surface area contributed by atoms with Crippen molar-refractivity contribution < 1.29 is 23.5 Å². The first-order valence-electron chi connectivity index (χ1n) is 7.81. The van der Waals surface area contributed by atoms with Gasteiger partial charge < -0.3 is 18.8 Å². The van der Waals surface area contributed by atoms with Crippen molar-refractivity contribution >= 4 is 11.9 Å². The quantitative estimate of drug-likeness (QED) is 0.775. The molecule has 2 aromatic rings. The summed E-state index contributed by atoms with van der Waals surface area (Å²) in [6, 6.07) is 5.53. The van der Waals surface area contributed by atoms with Crippen molar-refractivity contribution in [2.24, 2.45) is 0 Å². The maximum atomic E-state index is 12.4. The van der Waals surface area contributed by atoms with Gasteiger partial charge in [-0.2, -0.15) is 5.26 Å². The maximum absolute atomic E-state index is 12.4. The highest BCUT2D eigenvalue weighted by atomic mass is 16.5. The molecule has 0 N–H and O–H groups in total. The number of aryl methyl sites for hydroxylation is 1. The normalized spacial score (nSPS) is 14.2. The Morgan fingerprint density at radius 3 is 2.60 bits per heavy atom. The molecule has 0 bridgehead atoms. The van der Waals surface area contributed by atoms with Crippen LogP contribution in [0.1, 0.15) is 21.7 Å². The molecule has 130 valence electrons. The molecule has 1 amide bonds. The van der Waals surface area contributed by atoms with E-state index >= 15 is 0 Å². The zero-order valence-electron chi connectivity index (χ0n) is 13.7. The van der Waals surface area contributed by atoms with E-state index in [1.807, 2.05) is 6.07 Å². The van der Waals surface area contributed by atoms with Gasteiger partial charge in [0.25, 0.3) is 5.91 Å². The summed E-state index contributed by atoms with van der Waals surface area (Å²) in [5.74, 6) is -0.528. The Kier molecular flexibility index (Phi) is 4.86. The van der Waals surface area contributed by atoms with Crippen molar-refractivity contribution in [1.82, 2.24) is 9.47 Å². The summed E-state index contributed by atoms with van der Waals surface area (Å²) in [6.45, 7) is 3.09. The summed E-state index contributed by atoms with van der Waals surface area (Å²) >= 11 is 0. The van der Waals surface area contributed by atoms with Gasteiger partial charge in [-0.15, -0.1) is 0 Å². The van der Waals surface area contributed by atoms with Crippen LogP contribution in [0.4, 0.5) is 0 Å². The lowest BCUT2D eigenvalue weighted by atomic mass is 10.1. The van der Waals surface area contributed by atoms with Gasteiger partial charge in [-0.25, -0.2) is 4.79 Å². The Labute approximate surface area is 144 Å².